The molecule has 0 atom stereocenters. The van der Waals surface area contributed by atoms with Crippen molar-refractivity contribution in [2.75, 3.05) is 12.3 Å². The molecule has 0 bridgehead atoms. The highest BCUT2D eigenvalue weighted by Crippen LogP contribution is 2.25. The Hall–Kier alpha value is -3.71. The molecule has 5 rings (SSSR count). The van der Waals surface area contributed by atoms with Gasteiger partial charge < -0.3 is 10.7 Å². The summed E-state index contributed by atoms with van der Waals surface area (Å²) in [6.45, 7) is 2.15. The average molecular weight is 412 g/mol. The van der Waals surface area contributed by atoms with E-state index in [9.17, 15) is 4.79 Å². The van der Waals surface area contributed by atoms with Crippen LogP contribution in [-0.2, 0) is 26.6 Å². The number of hydrogen-bond donors (Lipinski definition) is 2. The first kappa shape index (κ1) is 19.3. The van der Waals surface area contributed by atoms with E-state index in [0.717, 1.165) is 53.2 Å². The predicted octanol–water partition coefficient (Wildman–Crippen LogP) is 2.98. The molecule has 0 saturated heterocycles. The molecule has 2 aromatic heterocycles. The molecule has 0 aliphatic carbocycles. The van der Waals surface area contributed by atoms with Gasteiger partial charge in [-0.2, -0.15) is 5.10 Å². The van der Waals surface area contributed by atoms with E-state index in [-0.39, 0.29) is 5.56 Å². The van der Waals surface area contributed by atoms with Gasteiger partial charge in [-0.25, -0.2) is 4.98 Å². The number of anilines is 1. The summed E-state index contributed by atoms with van der Waals surface area (Å²) in [4.78, 5) is 22.8. The Balaban J connectivity index is 1.40. The first-order valence-corrected chi connectivity index (χ1v) is 10.3. The number of hydrogen-bond acceptors (Lipinski definition) is 5. The quantitative estimate of drug-likeness (QED) is 0.503. The Kier molecular flexibility index (Phi) is 4.88. The van der Waals surface area contributed by atoms with Crippen molar-refractivity contribution in [2.45, 2.75) is 19.5 Å². The Morgan fingerprint density at radius 1 is 1.06 bits per heavy atom. The predicted molar refractivity (Wildman–Crippen MR) is 121 cm³/mol. The molecule has 1 aliphatic rings. The van der Waals surface area contributed by atoms with E-state index >= 15 is 0 Å². The van der Waals surface area contributed by atoms with Crippen molar-refractivity contribution in [3.63, 3.8) is 0 Å². The lowest BCUT2D eigenvalue weighted by Crippen LogP contribution is -2.35. The maximum Gasteiger partial charge on any atom is 0.255 e. The Morgan fingerprint density at radius 2 is 1.84 bits per heavy atom. The fourth-order valence-corrected chi connectivity index (χ4v) is 4.13. The fraction of sp³-hybridized carbons (Fsp3) is 0.208. The molecule has 0 unspecified atom stereocenters. The molecule has 31 heavy (non-hydrogen) atoms. The van der Waals surface area contributed by atoms with Gasteiger partial charge in [0, 0.05) is 61.7 Å². The maximum absolute atomic E-state index is 12.9. The van der Waals surface area contributed by atoms with Gasteiger partial charge in [0.25, 0.3) is 5.56 Å². The van der Waals surface area contributed by atoms with Gasteiger partial charge in [-0.05, 0) is 24.3 Å². The van der Waals surface area contributed by atoms with Gasteiger partial charge in [-0.1, -0.05) is 30.3 Å². The van der Waals surface area contributed by atoms with Crippen LogP contribution in [0.15, 0.2) is 65.6 Å². The summed E-state index contributed by atoms with van der Waals surface area (Å²) in [5, 5.41) is 4.66. The van der Waals surface area contributed by atoms with E-state index in [1.165, 1.54) is 0 Å². The second-order valence-corrected chi connectivity index (χ2v) is 7.97. The van der Waals surface area contributed by atoms with E-state index in [1.54, 1.807) is 0 Å². The zero-order chi connectivity index (χ0) is 21.4. The number of aromatic amines is 1. The second-order valence-electron chi connectivity index (χ2n) is 7.97. The van der Waals surface area contributed by atoms with Gasteiger partial charge in [0.15, 0.2) is 0 Å². The lowest BCUT2D eigenvalue weighted by atomic mass is 10.0. The fourth-order valence-electron chi connectivity index (χ4n) is 4.13. The van der Waals surface area contributed by atoms with Crippen molar-refractivity contribution < 1.29 is 0 Å². The van der Waals surface area contributed by atoms with Crippen molar-refractivity contribution in [1.29, 1.82) is 0 Å². The van der Waals surface area contributed by atoms with E-state index in [4.69, 9.17) is 10.7 Å². The second kappa shape index (κ2) is 7.85. The summed E-state index contributed by atoms with van der Waals surface area (Å²) in [5.41, 5.74) is 12.1. The molecule has 0 radical (unpaired) electrons. The van der Waals surface area contributed by atoms with E-state index < -0.39 is 0 Å². The number of fused-ring (bicyclic) bond motifs is 1. The van der Waals surface area contributed by atoms with Crippen LogP contribution < -0.4 is 11.3 Å². The van der Waals surface area contributed by atoms with Crippen LogP contribution in [0, 0.1) is 0 Å². The monoisotopic (exact) mass is 412 g/mol. The van der Waals surface area contributed by atoms with Gasteiger partial charge in [-0.3, -0.25) is 14.4 Å². The molecular weight excluding hydrogens is 388 g/mol. The summed E-state index contributed by atoms with van der Waals surface area (Å²) in [6.07, 6.45) is 2.80. The standard InChI is InChI=1S/C24H24N6O/c1-29-13-18(22(28-29)16-5-3-2-4-6-16)14-30-12-11-21-20(15-30)24(31)27-23(26-21)17-7-9-19(25)10-8-17/h2-10,13H,11-12,14-15,25H2,1H3,(H,26,27,31). The number of H-pyrrole nitrogens is 1. The van der Waals surface area contributed by atoms with Crippen molar-refractivity contribution in [2.24, 2.45) is 7.05 Å². The minimum atomic E-state index is -0.0732. The first-order chi connectivity index (χ1) is 15.1. The van der Waals surface area contributed by atoms with Gasteiger partial charge in [0.2, 0.25) is 0 Å². The lowest BCUT2D eigenvalue weighted by molar-refractivity contribution is 0.242. The van der Waals surface area contributed by atoms with Gasteiger partial charge in [0.1, 0.15) is 5.82 Å². The van der Waals surface area contributed by atoms with E-state index in [1.807, 2.05) is 54.2 Å². The molecule has 2 aromatic carbocycles. The van der Waals surface area contributed by atoms with Crippen LogP contribution >= 0.6 is 0 Å². The smallest absolute Gasteiger partial charge is 0.255 e. The van der Waals surface area contributed by atoms with Crippen molar-refractivity contribution in [3.8, 4) is 22.6 Å². The van der Waals surface area contributed by atoms with Crippen LogP contribution in [0.3, 0.4) is 0 Å². The van der Waals surface area contributed by atoms with Crippen LogP contribution in [0.25, 0.3) is 22.6 Å². The number of nitrogens with one attached hydrogen (secondary N) is 1. The maximum atomic E-state index is 12.9. The average Bonchev–Trinajstić information content (AvgIpc) is 3.15. The summed E-state index contributed by atoms with van der Waals surface area (Å²) < 4.78 is 1.85. The minimum Gasteiger partial charge on any atom is -0.399 e. The molecule has 3 heterocycles. The first-order valence-electron chi connectivity index (χ1n) is 10.3. The van der Waals surface area contributed by atoms with Crippen molar-refractivity contribution >= 4 is 5.69 Å². The van der Waals surface area contributed by atoms with Crippen LogP contribution in [-0.4, -0.2) is 31.2 Å². The van der Waals surface area contributed by atoms with Crippen LogP contribution in [0.4, 0.5) is 5.69 Å². The third kappa shape index (κ3) is 3.87. The zero-order valence-electron chi connectivity index (χ0n) is 17.4. The number of nitrogens with two attached hydrogens (primary N) is 1. The van der Waals surface area contributed by atoms with Crippen molar-refractivity contribution in [1.82, 2.24) is 24.6 Å². The molecule has 7 heteroatoms. The minimum absolute atomic E-state index is 0.0732. The van der Waals surface area contributed by atoms with Crippen LogP contribution in [0.2, 0.25) is 0 Å². The highest BCUT2D eigenvalue weighted by Gasteiger charge is 2.23. The summed E-state index contributed by atoms with van der Waals surface area (Å²) >= 11 is 0. The molecule has 0 fully saturated rings. The van der Waals surface area contributed by atoms with Crippen molar-refractivity contribution in [3.05, 3.63) is 88.0 Å². The number of benzene rings is 2. The van der Waals surface area contributed by atoms with Crippen LogP contribution in [0.1, 0.15) is 16.8 Å². The molecule has 0 saturated carbocycles. The molecule has 1 aliphatic heterocycles. The number of aromatic nitrogens is 4. The highest BCUT2D eigenvalue weighted by molar-refractivity contribution is 5.62. The summed E-state index contributed by atoms with van der Waals surface area (Å²) in [5.74, 6) is 0.593. The normalized spacial score (nSPS) is 13.8. The number of aryl methyl sites for hydroxylation is 1. The third-order valence-corrected chi connectivity index (χ3v) is 5.68. The Morgan fingerprint density at radius 3 is 2.61 bits per heavy atom. The number of rotatable bonds is 4. The summed E-state index contributed by atoms with van der Waals surface area (Å²) in [6, 6.07) is 17.6. The van der Waals surface area contributed by atoms with Gasteiger partial charge in [0.05, 0.1) is 17.0 Å². The number of nitrogens with zero attached hydrogens (tertiary/aromatic N) is 4. The van der Waals surface area contributed by atoms with E-state index in [2.05, 4.69) is 33.3 Å². The van der Waals surface area contributed by atoms with Gasteiger partial charge in [-0.15, -0.1) is 0 Å². The van der Waals surface area contributed by atoms with E-state index in [0.29, 0.717) is 18.1 Å². The molecule has 156 valence electrons. The largest absolute Gasteiger partial charge is 0.399 e. The Bertz CT molecular complexity index is 1270. The highest BCUT2D eigenvalue weighted by atomic mass is 16.1. The summed E-state index contributed by atoms with van der Waals surface area (Å²) in [7, 11) is 1.94. The molecule has 3 N–H and O–H groups in total. The molecular formula is C24H24N6O. The number of nitrogen functional groups attached to an aromatic ring is 1. The molecule has 7 nitrogen and oxygen atoms in total. The molecule has 0 amide bonds. The van der Waals surface area contributed by atoms with Crippen LogP contribution in [0.5, 0.6) is 0 Å². The Labute approximate surface area is 180 Å². The third-order valence-electron chi connectivity index (χ3n) is 5.68. The SMILES string of the molecule is Cn1cc(CN2CCc3nc(-c4ccc(N)cc4)[nH]c(=O)c3C2)c(-c2ccccc2)n1. The zero-order valence-corrected chi connectivity index (χ0v) is 17.4. The molecule has 4 aromatic rings. The van der Waals surface area contributed by atoms with Gasteiger partial charge >= 0.3 is 0 Å². The lowest BCUT2D eigenvalue weighted by Gasteiger charge is -2.27. The topological polar surface area (TPSA) is 92.8 Å². The molecule has 0 spiro atoms.